The van der Waals surface area contributed by atoms with E-state index in [4.69, 9.17) is 0 Å². The predicted molar refractivity (Wildman–Crippen MR) is 98.4 cm³/mol. The van der Waals surface area contributed by atoms with Gasteiger partial charge in [-0.1, -0.05) is 24.3 Å². The lowest BCUT2D eigenvalue weighted by Crippen LogP contribution is -2.53. The van der Waals surface area contributed by atoms with Crippen molar-refractivity contribution in [3.8, 4) is 0 Å². The maximum atomic E-state index is 12.8. The average molecular weight is 388 g/mol. The summed E-state index contributed by atoms with van der Waals surface area (Å²) in [6, 6.07) is 5.64. The van der Waals surface area contributed by atoms with Crippen molar-refractivity contribution >= 4 is 23.8 Å². The molecule has 8 nitrogen and oxygen atoms in total. The molecule has 0 radical (unpaired) electrons. The summed E-state index contributed by atoms with van der Waals surface area (Å²) in [7, 11) is 0. The summed E-state index contributed by atoms with van der Waals surface area (Å²) in [6.07, 6.45) is 1.55. The summed E-state index contributed by atoms with van der Waals surface area (Å²) in [4.78, 5) is 49.7. The average Bonchev–Trinajstić information content (AvgIpc) is 3.16. The Bertz CT molecular complexity index is 808. The lowest BCUT2D eigenvalue weighted by atomic mass is 9.75. The number of fused-ring (bicyclic) bond motifs is 1. The summed E-state index contributed by atoms with van der Waals surface area (Å²) in [5.41, 5.74) is 1.86. The van der Waals surface area contributed by atoms with E-state index in [1.165, 1.54) is 11.8 Å². The molecule has 4 atom stereocenters. The molecule has 0 aromatic heterocycles. The molecule has 8 heteroatoms. The van der Waals surface area contributed by atoms with Gasteiger partial charge in [-0.2, -0.15) is 0 Å². The molecule has 0 spiro atoms. The maximum Gasteiger partial charge on any atom is 0.326 e. The minimum absolute atomic E-state index is 0.263. The zero-order valence-electron chi connectivity index (χ0n) is 15.6. The zero-order valence-corrected chi connectivity index (χ0v) is 15.6. The Hall–Kier alpha value is -2.90. The molecule has 3 N–H and O–H groups in total. The van der Waals surface area contributed by atoms with Crippen LogP contribution < -0.4 is 5.32 Å². The number of amides is 2. The Kier molecular flexibility index (Phi) is 5.67. The number of carboxylic acid groups (broad SMARTS) is 2. The zero-order chi connectivity index (χ0) is 20.4. The second-order valence-corrected chi connectivity index (χ2v) is 7.49. The van der Waals surface area contributed by atoms with Crippen LogP contribution in [0.15, 0.2) is 24.3 Å². The number of aliphatic carboxylic acids is 2. The topological polar surface area (TPSA) is 124 Å². The number of carbonyl (C=O) groups excluding carboxylic acids is 2. The number of rotatable bonds is 5. The lowest BCUT2D eigenvalue weighted by molar-refractivity contribution is -0.150. The van der Waals surface area contributed by atoms with Crippen molar-refractivity contribution in [3.05, 3.63) is 35.4 Å². The van der Waals surface area contributed by atoms with Gasteiger partial charge in [-0.3, -0.25) is 14.4 Å². The van der Waals surface area contributed by atoms with Crippen molar-refractivity contribution in [3.63, 3.8) is 0 Å². The van der Waals surface area contributed by atoms with Crippen LogP contribution in [0.5, 0.6) is 0 Å². The van der Waals surface area contributed by atoms with Crippen molar-refractivity contribution < 1.29 is 29.4 Å². The van der Waals surface area contributed by atoms with Crippen LogP contribution >= 0.6 is 0 Å². The van der Waals surface area contributed by atoms with Gasteiger partial charge >= 0.3 is 11.9 Å². The number of benzene rings is 1. The van der Waals surface area contributed by atoms with Crippen molar-refractivity contribution in [2.75, 3.05) is 6.54 Å². The Labute approximate surface area is 162 Å². The molecule has 1 fully saturated rings. The van der Waals surface area contributed by atoms with Crippen LogP contribution in [-0.4, -0.2) is 57.5 Å². The predicted octanol–water partition coefficient (Wildman–Crippen LogP) is 0.682. The van der Waals surface area contributed by atoms with E-state index in [9.17, 15) is 29.4 Å². The summed E-state index contributed by atoms with van der Waals surface area (Å²) in [5, 5.41) is 21.4. The maximum absolute atomic E-state index is 12.8. The van der Waals surface area contributed by atoms with E-state index >= 15 is 0 Å². The highest BCUT2D eigenvalue weighted by Gasteiger charge is 2.40. The molecule has 2 amide bonds. The lowest BCUT2D eigenvalue weighted by Gasteiger charge is -2.31. The fourth-order valence-electron chi connectivity index (χ4n) is 4.17. The van der Waals surface area contributed by atoms with Crippen LogP contribution in [0.4, 0.5) is 0 Å². The fourth-order valence-corrected chi connectivity index (χ4v) is 4.17. The number of carboxylic acids is 2. The third-order valence-corrected chi connectivity index (χ3v) is 5.69. The molecule has 150 valence electrons. The molecular weight excluding hydrogens is 364 g/mol. The number of nitrogens with zero attached hydrogens (tertiary/aromatic N) is 1. The molecule has 1 saturated heterocycles. The fraction of sp³-hybridized carbons (Fsp3) is 0.500. The second kappa shape index (κ2) is 8.00. The van der Waals surface area contributed by atoms with E-state index in [1.54, 1.807) is 0 Å². The molecule has 1 aliphatic carbocycles. The SMILES string of the molecule is C[C@H](NC(=O)[C@H]1Cc2ccccc2C[C@@H]1C(=O)O)C(=O)N1CCC[C@H]1C(=O)O. The van der Waals surface area contributed by atoms with Gasteiger partial charge in [0.2, 0.25) is 11.8 Å². The van der Waals surface area contributed by atoms with Gasteiger partial charge in [-0.05, 0) is 43.7 Å². The highest BCUT2D eigenvalue weighted by molar-refractivity contribution is 5.92. The van der Waals surface area contributed by atoms with Crippen LogP contribution in [0.3, 0.4) is 0 Å². The molecule has 2 aliphatic rings. The van der Waals surface area contributed by atoms with Crippen LogP contribution in [0.1, 0.15) is 30.9 Å². The molecule has 1 heterocycles. The molecule has 0 unspecified atom stereocenters. The smallest absolute Gasteiger partial charge is 0.326 e. The van der Waals surface area contributed by atoms with Gasteiger partial charge in [0, 0.05) is 6.54 Å². The third kappa shape index (κ3) is 3.85. The Morgan fingerprint density at radius 2 is 1.64 bits per heavy atom. The number of nitrogens with one attached hydrogen (secondary N) is 1. The summed E-state index contributed by atoms with van der Waals surface area (Å²) < 4.78 is 0. The molecule has 1 aromatic carbocycles. The van der Waals surface area contributed by atoms with Crippen molar-refractivity contribution in [2.24, 2.45) is 11.8 Å². The van der Waals surface area contributed by atoms with Gasteiger partial charge in [0.05, 0.1) is 11.8 Å². The Morgan fingerprint density at radius 1 is 1.04 bits per heavy atom. The molecule has 1 aromatic rings. The quantitative estimate of drug-likeness (QED) is 0.682. The van der Waals surface area contributed by atoms with E-state index in [0.29, 0.717) is 25.8 Å². The van der Waals surface area contributed by atoms with E-state index in [0.717, 1.165) is 11.1 Å². The van der Waals surface area contributed by atoms with Crippen LogP contribution in [0.25, 0.3) is 0 Å². The van der Waals surface area contributed by atoms with E-state index in [-0.39, 0.29) is 6.42 Å². The largest absolute Gasteiger partial charge is 0.481 e. The number of carbonyl (C=O) groups is 4. The van der Waals surface area contributed by atoms with Crippen molar-refractivity contribution in [2.45, 2.75) is 44.7 Å². The van der Waals surface area contributed by atoms with Crippen LogP contribution in [0.2, 0.25) is 0 Å². The van der Waals surface area contributed by atoms with E-state index in [2.05, 4.69) is 5.32 Å². The molecule has 0 bridgehead atoms. The van der Waals surface area contributed by atoms with Crippen molar-refractivity contribution in [1.29, 1.82) is 0 Å². The minimum Gasteiger partial charge on any atom is -0.481 e. The first-order valence-corrected chi connectivity index (χ1v) is 9.43. The first-order valence-electron chi connectivity index (χ1n) is 9.43. The van der Waals surface area contributed by atoms with Crippen molar-refractivity contribution in [1.82, 2.24) is 10.2 Å². The first-order chi connectivity index (χ1) is 13.3. The van der Waals surface area contributed by atoms with Gasteiger partial charge in [0.1, 0.15) is 12.1 Å². The number of hydrogen-bond donors (Lipinski definition) is 3. The second-order valence-electron chi connectivity index (χ2n) is 7.49. The molecule has 3 rings (SSSR count). The van der Waals surface area contributed by atoms with Gasteiger partial charge in [0.25, 0.3) is 0 Å². The van der Waals surface area contributed by atoms with E-state index < -0.39 is 47.7 Å². The monoisotopic (exact) mass is 388 g/mol. The minimum atomic E-state index is -1.06. The molecular formula is C20H24N2O6. The summed E-state index contributed by atoms with van der Waals surface area (Å²) >= 11 is 0. The third-order valence-electron chi connectivity index (χ3n) is 5.69. The molecule has 0 saturated carbocycles. The highest BCUT2D eigenvalue weighted by Crippen LogP contribution is 2.31. The van der Waals surface area contributed by atoms with E-state index in [1.807, 2.05) is 24.3 Å². The molecule has 28 heavy (non-hydrogen) atoms. The first kappa shape index (κ1) is 19.9. The van der Waals surface area contributed by atoms with Gasteiger partial charge in [-0.25, -0.2) is 4.79 Å². The Morgan fingerprint density at radius 3 is 2.21 bits per heavy atom. The normalized spacial score (nSPS) is 24.9. The van der Waals surface area contributed by atoms with Gasteiger partial charge in [0.15, 0.2) is 0 Å². The Balaban J connectivity index is 1.71. The highest BCUT2D eigenvalue weighted by atomic mass is 16.4. The molecule has 1 aliphatic heterocycles. The number of hydrogen-bond acceptors (Lipinski definition) is 4. The van der Waals surface area contributed by atoms with Gasteiger partial charge in [-0.15, -0.1) is 0 Å². The standard InChI is InChI=1S/C20H24N2O6/c1-11(18(24)22-8-4-7-16(22)20(27)28)21-17(23)14-9-12-5-2-3-6-13(12)10-15(14)19(25)26/h2-3,5-6,11,14-16H,4,7-10H2,1H3,(H,21,23)(H,25,26)(H,27,28)/t11-,14-,15-,16-/m0/s1. The summed E-state index contributed by atoms with van der Waals surface area (Å²) in [6.45, 7) is 1.84. The van der Waals surface area contributed by atoms with Crippen LogP contribution in [0, 0.1) is 11.8 Å². The van der Waals surface area contributed by atoms with Gasteiger partial charge < -0.3 is 20.4 Å². The number of likely N-dealkylation sites (tertiary alicyclic amines) is 1. The summed E-state index contributed by atoms with van der Waals surface area (Å²) in [5.74, 6) is -4.69. The van der Waals surface area contributed by atoms with Crippen LogP contribution in [-0.2, 0) is 32.0 Å².